The first-order valence-electron chi connectivity index (χ1n) is 14.7. The summed E-state index contributed by atoms with van der Waals surface area (Å²) in [5, 5.41) is 6.17. The van der Waals surface area contributed by atoms with E-state index in [-0.39, 0.29) is 0 Å². The van der Waals surface area contributed by atoms with Crippen molar-refractivity contribution in [3.05, 3.63) is 175 Å². The molecule has 0 atom stereocenters. The highest BCUT2D eigenvalue weighted by Gasteiger charge is 2.13. The lowest BCUT2D eigenvalue weighted by molar-refractivity contribution is 1.27. The summed E-state index contributed by atoms with van der Waals surface area (Å²) in [4.78, 5) is 2.30. The summed E-state index contributed by atoms with van der Waals surface area (Å²) in [5.74, 6) is 0. The molecule has 0 radical (unpaired) electrons. The fraction of sp³-hybridized carbons (Fsp3) is 0.0244. The van der Waals surface area contributed by atoms with Gasteiger partial charge in [0.15, 0.2) is 0 Å². The number of anilines is 5. The Labute approximate surface area is 253 Å². The smallest absolute Gasteiger partial charge is 0.0464 e. The normalized spacial score (nSPS) is 10.9. The second kappa shape index (κ2) is 11.7. The Morgan fingerprint density at radius 2 is 1.02 bits per heavy atom. The molecule has 2 nitrogen and oxygen atoms in total. The molecule has 0 unspecified atom stereocenters. The maximum absolute atomic E-state index is 3.67. The lowest BCUT2D eigenvalue weighted by Gasteiger charge is -2.26. The molecule has 1 N–H and O–H groups in total. The molecule has 0 aliphatic rings. The predicted octanol–water partition coefficient (Wildman–Crippen LogP) is 11.7. The summed E-state index contributed by atoms with van der Waals surface area (Å²) in [7, 11) is 0. The van der Waals surface area contributed by atoms with Crippen LogP contribution in [0.2, 0.25) is 0 Å². The van der Waals surface area contributed by atoms with Gasteiger partial charge >= 0.3 is 0 Å². The highest BCUT2D eigenvalue weighted by atomic mass is 15.1. The number of para-hydroxylation sites is 2. The molecule has 0 heterocycles. The van der Waals surface area contributed by atoms with E-state index in [1.54, 1.807) is 0 Å². The second-order valence-corrected chi connectivity index (χ2v) is 10.8. The standard InChI is InChI=1S/C41H32N2/c1-30-11-9-16-37(29-30)43(35-14-3-2-4-15-35)36-27-23-32(24-28-36)31-21-25-34(26-22-31)42-41-20-8-7-18-40(41)39-19-10-13-33-12-5-6-17-38(33)39/h2-29,42H,1H3. The number of nitrogens with one attached hydrogen (secondary N) is 1. The quantitative estimate of drug-likeness (QED) is 0.212. The Kier molecular flexibility index (Phi) is 7.17. The van der Waals surface area contributed by atoms with E-state index >= 15 is 0 Å². The summed E-state index contributed by atoms with van der Waals surface area (Å²) < 4.78 is 0. The van der Waals surface area contributed by atoms with Crippen LogP contribution in [0.25, 0.3) is 33.0 Å². The SMILES string of the molecule is Cc1cccc(N(c2ccccc2)c2ccc(-c3ccc(Nc4ccccc4-c4cccc5ccccc45)cc3)cc2)c1. The number of aryl methyl sites for hydroxylation is 1. The van der Waals surface area contributed by atoms with E-state index in [0.29, 0.717) is 0 Å². The number of benzene rings is 7. The Morgan fingerprint density at radius 3 is 1.81 bits per heavy atom. The van der Waals surface area contributed by atoms with E-state index in [4.69, 9.17) is 0 Å². The third-order valence-electron chi connectivity index (χ3n) is 7.90. The summed E-state index contributed by atoms with van der Waals surface area (Å²) >= 11 is 0. The zero-order valence-corrected chi connectivity index (χ0v) is 24.1. The molecule has 0 saturated heterocycles. The van der Waals surface area contributed by atoms with Gasteiger partial charge in [-0.05, 0) is 94.5 Å². The Balaban J connectivity index is 1.15. The van der Waals surface area contributed by atoms with Crippen molar-refractivity contribution in [3.8, 4) is 22.3 Å². The Morgan fingerprint density at radius 1 is 0.442 bits per heavy atom. The molecule has 0 aliphatic carbocycles. The Bertz CT molecular complexity index is 1990. The van der Waals surface area contributed by atoms with Gasteiger partial charge in [-0.3, -0.25) is 0 Å². The minimum Gasteiger partial charge on any atom is -0.355 e. The lowest BCUT2D eigenvalue weighted by Crippen LogP contribution is -2.09. The van der Waals surface area contributed by atoms with Crippen LogP contribution < -0.4 is 10.2 Å². The molecule has 0 bridgehead atoms. The van der Waals surface area contributed by atoms with E-state index in [1.165, 1.54) is 38.6 Å². The monoisotopic (exact) mass is 552 g/mol. The molecular weight excluding hydrogens is 520 g/mol. The molecule has 0 saturated carbocycles. The fourth-order valence-electron chi connectivity index (χ4n) is 5.78. The molecule has 206 valence electrons. The van der Waals surface area contributed by atoms with E-state index < -0.39 is 0 Å². The van der Waals surface area contributed by atoms with Gasteiger partial charge in [0, 0.05) is 34.0 Å². The first kappa shape index (κ1) is 26.3. The molecule has 0 aliphatic heterocycles. The van der Waals surface area contributed by atoms with Crippen LogP contribution in [0.3, 0.4) is 0 Å². The van der Waals surface area contributed by atoms with Crippen molar-refractivity contribution in [1.29, 1.82) is 0 Å². The van der Waals surface area contributed by atoms with Crippen LogP contribution in [-0.4, -0.2) is 0 Å². The highest BCUT2D eigenvalue weighted by Crippen LogP contribution is 2.37. The molecule has 0 aromatic heterocycles. The zero-order valence-electron chi connectivity index (χ0n) is 24.1. The van der Waals surface area contributed by atoms with E-state index in [1.807, 2.05) is 0 Å². The molecular formula is C41H32N2. The first-order valence-corrected chi connectivity index (χ1v) is 14.7. The summed E-state index contributed by atoms with van der Waals surface area (Å²) in [5.41, 5.74) is 11.6. The molecule has 7 aromatic rings. The third-order valence-corrected chi connectivity index (χ3v) is 7.90. The van der Waals surface area contributed by atoms with Crippen LogP contribution in [0.15, 0.2) is 170 Å². The Hall–Kier alpha value is -5.60. The molecule has 0 fully saturated rings. The van der Waals surface area contributed by atoms with Crippen LogP contribution in [0.4, 0.5) is 28.4 Å². The first-order chi connectivity index (χ1) is 21.2. The van der Waals surface area contributed by atoms with Gasteiger partial charge in [-0.15, -0.1) is 0 Å². The third kappa shape index (κ3) is 5.51. The van der Waals surface area contributed by atoms with E-state index in [0.717, 1.165) is 28.4 Å². The predicted molar refractivity (Wildman–Crippen MR) is 184 cm³/mol. The molecule has 0 amide bonds. The van der Waals surface area contributed by atoms with Gasteiger partial charge < -0.3 is 10.2 Å². The average molecular weight is 553 g/mol. The van der Waals surface area contributed by atoms with Crippen LogP contribution in [0, 0.1) is 6.92 Å². The van der Waals surface area contributed by atoms with Gasteiger partial charge in [0.2, 0.25) is 0 Å². The zero-order chi connectivity index (χ0) is 29.0. The average Bonchev–Trinajstić information content (AvgIpc) is 3.06. The number of hydrogen-bond acceptors (Lipinski definition) is 2. The number of rotatable bonds is 7. The maximum Gasteiger partial charge on any atom is 0.0464 e. The van der Waals surface area contributed by atoms with Gasteiger partial charge in [0.25, 0.3) is 0 Å². The van der Waals surface area contributed by atoms with Crippen LogP contribution in [-0.2, 0) is 0 Å². The van der Waals surface area contributed by atoms with Crippen LogP contribution in [0.1, 0.15) is 5.56 Å². The summed E-state index contributed by atoms with van der Waals surface area (Å²) in [6.07, 6.45) is 0. The summed E-state index contributed by atoms with van der Waals surface area (Å²) in [6, 6.07) is 60.3. The van der Waals surface area contributed by atoms with E-state index in [2.05, 4.69) is 187 Å². The van der Waals surface area contributed by atoms with Crippen molar-refractivity contribution in [2.75, 3.05) is 10.2 Å². The molecule has 0 spiro atoms. The second-order valence-electron chi connectivity index (χ2n) is 10.8. The van der Waals surface area contributed by atoms with Crippen molar-refractivity contribution in [2.24, 2.45) is 0 Å². The largest absolute Gasteiger partial charge is 0.355 e. The summed E-state index contributed by atoms with van der Waals surface area (Å²) in [6.45, 7) is 2.14. The molecule has 43 heavy (non-hydrogen) atoms. The van der Waals surface area contributed by atoms with Gasteiger partial charge in [-0.25, -0.2) is 0 Å². The highest BCUT2D eigenvalue weighted by molar-refractivity contribution is 6.00. The minimum atomic E-state index is 1.06. The van der Waals surface area contributed by atoms with Gasteiger partial charge in [0.1, 0.15) is 0 Å². The van der Waals surface area contributed by atoms with Crippen molar-refractivity contribution >= 4 is 39.2 Å². The van der Waals surface area contributed by atoms with E-state index in [9.17, 15) is 0 Å². The van der Waals surface area contributed by atoms with Crippen LogP contribution >= 0.6 is 0 Å². The molecule has 2 heteroatoms. The number of fused-ring (bicyclic) bond motifs is 1. The van der Waals surface area contributed by atoms with Crippen molar-refractivity contribution in [3.63, 3.8) is 0 Å². The van der Waals surface area contributed by atoms with Gasteiger partial charge in [-0.1, -0.05) is 115 Å². The minimum absolute atomic E-state index is 1.06. The van der Waals surface area contributed by atoms with Crippen LogP contribution in [0.5, 0.6) is 0 Å². The van der Waals surface area contributed by atoms with Crippen molar-refractivity contribution in [1.82, 2.24) is 0 Å². The van der Waals surface area contributed by atoms with Gasteiger partial charge in [-0.2, -0.15) is 0 Å². The topological polar surface area (TPSA) is 15.3 Å². The van der Waals surface area contributed by atoms with Crippen molar-refractivity contribution < 1.29 is 0 Å². The fourth-order valence-corrected chi connectivity index (χ4v) is 5.78. The lowest BCUT2D eigenvalue weighted by atomic mass is 9.97. The molecule has 7 rings (SSSR count). The molecule has 7 aromatic carbocycles. The number of nitrogens with zero attached hydrogens (tertiary/aromatic N) is 1. The van der Waals surface area contributed by atoms with Gasteiger partial charge in [0.05, 0.1) is 0 Å². The number of hydrogen-bond donors (Lipinski definition) is 1. The maximum atomic E-state index is 3.67. The van der Waals surface area contributed by atoms with Crippen molar-refractivity contribution in [2.45, 2.75) is 6.92 Å².